The van der Waals surface area contributed by atoms with Gasteiger partial charge < -0.3 is 10.4 Å². The van der Waals surface area contributed by atoms with Crippen LogP contribution in [0.2, 0.25) is 0 Å². The molecule has 0 unspecified atom stereocenters. The number of piperidine rings is 1. The molecule has 0 radical (unpaired) electrons. The zero-order valence-electron chi connectivity index (χ0n) is 16.1. The Morgan fingerprint density at radius 3 is 2.00 bits per heavy atom. The molecule has 0 bridgehead atoms. The van der Waals surface area contributed by atoms with Crippen LogP contribution in [0.3, 0.4) is 0 Å². The SMILES string of the molecule is Cl.O[C@@H](c1cc2ccc(C(F)(F)F)cc2c2cc(C(F)(F)F)ccc12)[C@H]1CCCCN1. The molecular formula is C22H20ClF6NO. The van der Waals surface area contributed by atoms with Gasteiger partial charge in [0.25, 0.3) is 0 Å². The van der Waals surface area contributed by atoms with E-state index in [1.807, 2.05) is 0 Å². The summed E-state index contributed by atoms with van der Waals surface area (Å²) in [6.07, 6.45) is -7.66. The molecule has 1 fully saturated rings. The van der Waals surface area contributed by atoms with E-state index in [-0.39, 0.29) is 29.2 Å². The highest BCUT2D eigenvalue weighted by molar-refractivity contribution is 6.09. The number of fused-ring (bicyclic) bond motifs is 3. The second-order valence-electron chi connectivity index (χ2n) is 7.66. The van der Waals surface area contributed by atoms with E-state index in [4.69, 9.17) is 0 Å². The van der Waals surface area contributed by atoms with Crippen molar-refractivity contribution in [2.24, 2.45) is 0 Å². The van der Waals surface area contributed by atoms with Crippen LogP contribution in [0.5, 0.6) is 0 Å². The number of aliphatic hydroxyl groups is 1. The highest BCUT2D eigenvalue weighted by Crippen LogP contribution is 2.40. The van der Waals surface area contributed by atoms with Crippen molar-refractivity contribution in [3.63, 3.8) is 0 Å². The van der Waals surface area contributed by atoms with Gasteiger partial charge in [0.05, 0.1) is 17.2 Å². The summed E-state index contributed by atoms with van der Waals surface area (Å²) in [6, 6.07) is 7.31. The fourth-order valence-electron chi connectivity index (χ4n) is 4.14. The van der Waals surface area contributed by atoms with Gasteiger partial charge in [-0.15, -0.1) is 12.4 Å². The second-order valence-corrected chi connectivity index (χ2v) is 7.66. The second kappa shape index (κ2) is 8.48. The summed E-state index contributed by atoms with van der Waals surface area (Å²) in [5, 5.41) is 14.9. The number of alkyl halides is 6. The smallest absolute Gasteiger partial charge is 0.387 e. The molecular weight excluding hydrogens is 444 g/mol. The first-order valence-corrected chi connectivity index (χ1v) is 9.62. The molecule has 2 nitrogen and oxygen atoms in total. The Bertz CT molecular complexity index is 1090. The van der Waals surface area contributed by atoms with Crippen LogP contribution in [0.25, 0.3) is 21.5 Å². The Morgan fingerprint density at radius 2 is 1.42 bits per heavy atom. The number of rotatable bonds is 2. The van der Waals surface area contributed by atoms with Gasteiger partial charge in [0.15, 0.2) is 0 Å². The van der Waals surface area contributed by atoms with Crippen LogP contribution >= 0.6 is 12.4 Å². The molecule has 3 aromatic carbocycles. The first-order valence-electron chi connectivity index (χ1n) is 9.62. The number of hydrogen-bond donors (Lipinski definition) is 2. The molecule has 0 saturated carbocycles. The van der Waals surface area contributed by atoms with Crippen molar-refractivity contribution in [3.8, 4) is 0 Å². The van der Waals surface area contributed by atoms with Gasteiger partial charge in [0.1, 0.15) is 0 Å². The summed E-state index contributed by atoms with van der Waals surface area (Å²) in [5.41, 5.74) is -1.47. The zero-order chi connectivity index (χ0) is 21.7. The van der Waals surface area contributed by atoms with Gasteiger partial charge >= 0.3 is 12.4 Å². The number of benzene rings is 3. The van der Waals surface area contributed by atoms with Gasteiger partial charge in [-0.3, -0.25) is 0 Å². The van der Waals surface area contributed by atoms with Crippen LogP contribution in [0, 0.1) is 0 Å². The topological polar surface area (TPSA) is 32.3 Å². The molecule has 1 heterocycles. The van der Waals surface area contributed by atoms with Gasteiger partial charge in [0, 0.05) is 6.04 Å². The van der Waals surface area contributed by atoms with Gasteiger partial charge in [-0.2, -0.15) is 26.3 Å². The Hall–Kier alpha value is -2.03. The summed E-state index contributed by atoms with van der Waals surface area (Å²) in [7, 11) is 0. The molecule has 1 aliphatic heterocycles. The maximum absolute atomic E-state index is 13.3. The van der Waals surface area contributed by atoms with Crippen molar-refractivity contribution in [2.45, 2.75) is 43.8 Å². The van der Waals surface area contributed by atoms with Gasteiger partial charge in [-0.1, -0.05) is 18.6 Å². The van der Waals surface area contributed by atoms with Crippen molar-refractivity contribution in [1.82, 2.24) is 5.32 Å². The van der Waals surface area contributed by atoms with Gasteiger partial charge in [0.2, 0.25) is 0 Å². The van der Waals surface area contributed by atoms with E-state index in [9.17, 15) is 31.4 Å². The molecule has 31 heavy (non-hydrogen) atoms. The Morgan fingerprint density at radius 1 is 0.806 bits per heavy atom. The lowest BCUT2D eigenvalue weighted by atomic mass is 9.88. The minimum absolute atomic E-state index is 0. The minimum Gasteiger partial charge on any atom is -0.387 e. The molecule has 168 valence electrons. The van der Waals surface area contributed by atoms with Crippen LogP contribution in [-0.4, -0.2) is 17.7 Å². The lowest BCUT2D eigenvalue weighted by Crippen LogP contribution is -2.38. The summed E-state index contributed by atoms with van der Waals surface area (Å²) in [5.74, 6) is 0. The average molecular weight is 464 g/mol. The molecule has 0 aliphatic carbocycles. The quantitative estimate of drug-likeness (QED) is 0.330. The summed E-state index contributed by atoms with van der Waals surface area (Å²) in [4.78, 5) is 0. The zero-order valence-corrected chi connectivity index (χ0v) is 17.0. The van der Waals surface area contributed by atoms with E-state index in [0.29, 0.717) is 22.8 Å². The first kappa shape index (κ1) is 23.6. The maximum Gasteiger partial charge on any atom is 0.416 e. The third kappa shape index (κ3) is 4.61. The summed E-state index contributed by atoms with van der Waals surface area (Å²) in [6.45, 7) is 0.723. The lowest BCUT2D eigenvalue weighted by molar-refractivity contribution is -0.138. The molecule has 1 saturated heterocycles. The molecule has 2 N–H and O–H groups in total. The van der Waals surface area contributed by atoms with Crippen LogP contribution in [-0.2, 0) is 12.4 Å². The predicted molar refractivity (Wildman–Crippen MR) is 109 cm³/mol. The molecule has 0 aromatic heterocycles. The Kier molecular flexibility index (Phi) is 6.47. The van der Waals surface area contributed by atoms with E-state index < -0.39 is 29.6 Å². The molecule has 2 atom stereocenters. The molecule has 3 aromatic rings. The van der Waals surface area contributed by atoms with Crippen LogP contribution < -0.4 is 5.32 Å². The van der Waals surface area contributed by atoms with Crippen LogP contribution in [0.1, 0.15) is 42.1 Å². The summed E-state index contributed by atoms with van der Waals surface area (Å²) < 4.78 is 79.5. The molecule has 1 aliphatic rings. The first-order chi connectivity index (χ1) is 14.1. The molecule has 9 heteroatoms. The average Bonchev–Trinajstić information content (AvgIpc) is 2.71. The standard InChI is InChI=1S/C22H19F6NO.ClH/c23-21(24,25)13-5-4-12-9-18(20(30)19-3-1-2-8-29-19)15-7-6-14(22(26,27)28)11-17(15)16(12)10-13;/h4-7,9-11,19-20,29-30H,1-3,8H2;1H/t19-,20+;/m1./s1. The Balaban J connectivity index is 0.00000272. The van der Waals surface area contributed by atoms with E-state index in [0.717, 1.165) is 43.7 Å². The van der Waals surface area contributed by atoms with Crippen molar-refractivity contribution in [3.05, 3.63) is 59.2 Å². The van der Waals surface area contributed by atoms with Crippen LogP contribution in [0.15, 0.2) is 42.5 Å². The van der Waals surface area contributed by atoms with Gasteiger partial charge in [-0.05, 0) is 76.8 Å². The van der Waals surface area contributed by atoms with Crippen molar-refractivity contribution < 1.29 is 31.4 Å². The molecule has 4 rings (SSSR count). The molecule has 0 amide bonds. The number of aliphatic hydroxyl groups excluding tert-OH is 1. The highest BCUT2D eigenvalue weighted by atomic mass is 35.5. The molecule has 0 spiro atoms. The fraction of sp³-hybridized carbons (Fsp3) is 0.364. The van der Waals surface area contributed by atoms with Crippen molar-refractivity contribution >= 4 is 34.0 Å². The minimum atomic E-state index is -4.64. The fourth-order valence-corrected chi connectivity index (χ4v) is 4.14. The number of hydrogen-bond acceptors (Lipinski definition) is 2. The van der Waals surface area contributed by atoms with Crippen molar-refractivity contribution in [2.75, 3.05) is 6.54 Å². The normalized spacial score (nSPS) is 18.7. The monoisotopic (exact) mass is 463 g/mol. The predicted octanol–water partition coefficient (Wildman–Crippen LogP) is 6.63. The summed E-state index contributed by atoms with van der Waals surface area (Å²) >= 11 is 0. The number of halogens is 7. The van der Waals surface area contributed by atoms with E-state index in [1.165, 1.54) is 12.1 Å². The van der Waals surface area contributed by atoms with Crippen molar-refractivity contribution in [1.29, 1.82) is 0 Å². The Labute approximate surface area is 180 Å². The largest absolute Gasteiger partial charge is 0.416 e. The van der Waals surface area contributed by atoms with E-state index in [1.54, 1.807) is 6.07 Å². The maximum atomic E-state index is 13.3. The number of nitrogens with one attached hydrogen (secondary N) is 1. The van der Waals surface area contributed by atoms with E-state index in [2.05, 4.69) is 5.32 Å². The third-order valence-corrected chi connectivity index (χ3v) is 5.69. The lowest BCUT2D eigenvalue weighted by Gasteiger charge is -2.29. The third-order valence-electron chi connectivity index (χ3n) is 5.69. The van der Waals surface area contributed by atoms with Crippen LogP contribution in [0.4, 0.5) is 26.3 Å². The highest BCUT2D eigenvalue weighted by Gasteiger charge is 2.33. The van der Waals surface area contributed by atoms with E-state index >= 15 is 0 Å². The van der Waals surface area contributed by atoms with Gasteiger partial charge in [-0.25, -0.2) is 0 Å².